The Labute approximate surface area is 91.2 Å². The van der Waals surface area contributed by atoms with E-state index < -0.39 is 23.3 Å². The van der Waals surface area contributed by atoms with Gasteiger partial charge in [0.05, 0.1) is 5.56 Å². The summed E-state index contributed by atoms with van der Waals surface area (Å²) in [7, 11) is 0. The van der Waals surface area contributed by atoms with Crippen molar-refractivity contribution < 1.29 is 22.4 Å². The number of carbonyl (C=O) groups excluding carboxylic acids is 1. The summed E-state index contributed by atoms with van der Waals surface area (Å²) in [6, 6.07) is 2.49. The largest absolute Gasteiger partial charge is 0.455 e. The van der Waals surface area contributed by atoms with E-state index in [9.17, 15) is 22.4 Å². The van der Waals surface area contributed by atoms with Crippen LogP contribution in [0.3, 0.4) is 0 Å². The molecule has 0 amide bonds. The second-order valence-corrected chi connectivity index (χ2v) is 3.73. The molecule has 15 heavy (non-hydrogen) atoms. The highest BCUT2D eigenvalue weighted by Gasteiger charge is 2.42. The zero-order chi connectivity index (χ0) is 11.8. The fraction of sp³-hybridized carbons (Fsp3) is 0.222. The summed E-state index contributed by atoms with van der Waals surface area (Å²) in [5, 5.41) is 0. The molecular weight excluding hydrogens is 280 g/mol. The van der Waals surface area contributed by atoms with Gasteiger partial charge in [-0.15, -0.1) is 0 Å². The van der Waals surface area contributed by atoms with Gasteiger partial charge in [0, 0.05) is 4.47 Å². The number of rotatable bonds is 1. The lowest BCUT2D eigenvalue weighted by atomic mass is 10.1. The standard InChI is InChI=1S/C9H5BrF4O/c1-4-2-3-5(10)6(7(4)11)8(15)9(12,13)14/h2-3H,1H3. The number of hydrogen-bond donors (Lipinski definition) is 0. The van der Waals surface area contributed by atoms with Crippen LogP contribution in [0.15, 0.2) is 16.6 Å². The second-order valence-electron chi connectivity index (χ2n) is 2.88. The molecule has 0 spiro atoms. The third-order valence-corrected chi connectivity index (χ3v) is 2.43. The van der Waals surface area contributed by atoms with Gasteiger partial charge in [-0.1, -0.05) is 6.07 Å². The molecule has 0 fully saturated rings. The van der Waals surface area contributed by atoms with Crippen LogP contribution < -0.4 is 0 Å². The number of aryl methyl sites for hydroxylation is 1. The third kappa shape index (κ3) is 2.37. The van der Waals surface area contributed by atoms with Crippen molar-refractivity contribution in [2.75, 3.05) is 0 Å². The Hall–Kier alpha value is -0.910. The minimum absolute atomic E-state index is 0.00852. The van der Waals surface area contributed by atoms with Crippen LogP contribution in [0.1, 0.15) is 15.9 Å². The molecule has 0 saturated heterocycles. The molecule has 0 aliphatic carbocycles. The van der Waals surface area contributed by atoms with E-state index in [1.54, 1.807) is 0 Å². The molecular formula is C9H5BrF4O. The lowest BCUT2D eigenvalue weighted by molar-refractivity contribution is -0.0888. The molecule has 0 aromatic heterocycles. The summed E-state index contributed by atoms with van der Waals surface area (Å²) in [5.74, 6) is -3.33. The average Bonchev–Trinajstić information content (AvgIpc) is 2.10. The highest BCUT2D eigenvalue weighted by molar-refractivity contribution is 9.10. The van der Waals surface area contributed by atoms with Gasteiger partial charge in [-0.25, -0.2) is 4.39 Å². The fourth-order valence-electron chi connectivity index (χ4n) is 1.01. The van der Waals surface area contributed by atoms with Crippen molar-refractivity contribution in [1.82, 2.24) is 0 Å². The molecule has 0 unspecified atom stereocenters. The average molecular weight is 285 g/mol. The number of Topliss-reactive ketones (excluding diaryl/α,β-unsaturated/α-hetero) is 1. The second kappa shape index (κ2) is 3.92. The van der Waals surface area contributed by atoms with E-state index in [0.29, 0.717) is 0 Å². The Morgan fingerprint density at radius 2 is 1.87 bits per heavy atom. The zero-order valence-corrected chi connectivity index (χ0v) is 9.04. The van der Waals surface area contributed by atoms with Crippen molar-refractivity contribution >= 4 is 21.7 Å². The first-order chi connectivity index (χ1) is 6.75. The molecule has 0 aliphatic heterocycles. The van der Waals surface area contributed by atoms with Crippen LogP contribution in [0.4, 0.5) is 17.6 Å². The Bertz CT molecular complexity index is 411. The Morgan fingerprint density at radius 1 is 1.33 bits per heavy atom. The molecule has 1 rings (SSSR count). The van der Waals surface area contributed by atoms with Crippen LogP contribution in [0.2, 0.25) is 0 Å². The number of carbonyl (C=O) groups is 1. The van der Waals surface area contributed by atoms with Gasteiger partial charge in [-0.05, 0) is 34.5 Å². The number of alkyl halides is 3. The first-order valence-corrected chi connectivity index (χ1v) is 4.60. The van der Waals surface area contributed by atoms with Crippen LogP contribution in [0.5, 0.6) is 0 Å². The summed E-state index contributed by atoms with van der Waals surface area (Å²) in [6.07, 6.45) is -5.07. The lowest BCUT2D eigenvalue weighted by Gasteiger charge is -2.09. The van der Waals surface area contributed by atoms with Gasteiger partial charge < -0.3 is 0 Å². The van der Waals surface area contributed by atoms with E-state index in [1.165, 1.54) is 19.1 Å². The van der Waals surface area contributed by atoms with Gasteiger partial charge in [0.2, 0.25) is 0 Å². The smallest absolute Gasteiger partial charge is 0.284 e. The molecule has 0 N–H and O–H groups in total. The number of benzene rings is 1. The molecule has 0 aliphatic rings. The maximum absolute atomic E-state index is 13.3. The maximum atomic E-state index is 13.3. The summed E-state index contributed by atoms with van der Waals surface area (Å²) in [6.45, 7) is 1.29. The summed E-state index contributed by atoms with van der Waals surface area (Å²) in [4.78, 5) is 10.9. The number of hydrogen-bond acceptors (Lipinski definition) is 1. The minimum atomic E-state index is -5.07. The van der Waals surface area contributed by atoms with Gasteiger partial charge in [-0.2, -0.15) is 13.2 Å². The molecule has 6 heteroatoms. The SMILES string of the molecule is Cc1ccc(Br)c(C(=O)C(F)(F)F)c1F. The van der Waals surface area contributed by atoms with Crippen LogP contribution in [-0.4, -0.2) is 12.0 Å². The molecule has 1 aromatic rings. The van der Waals surface area contributed by atoms with Crippen molar-refractivity contribution in [3.05, 3.63) is 33.5 Å². The topological polar surface area (TPSA) is 17.1 Å². The first kappa shape index (κ1) is 12.2. The predicted octanol–water partition coefficient (Wildman–Crippen LogP) is 3.64. The molecule has 82 valence electrons. The Kier molecular flexibility index (Phi) is 3.18. The zero-order valence-electron chi connectivity index (χ0n) is 7.45. The van der Waals surface area contributed by atoms with Crippen molar-refractivity contribution in [3.63, 3.8) is 0 Å². The van der Waals surface area contributed by atoms with Crippen LogP contribution >= 0.6 is 15.9 Å². The predicted molar refractivity (Wildman–Crippen MR) is 49.2 cm³/mol. The van der Waals surface area contributed by atoms with Gasteiger partial charge in [0.15, 0.2) is 0 Å². The Balaban J connectivity index is 3.38. The molecule has 0 heterocycles. The fourth-order valence-corrected chi connectivity index (χ4v) is 1.49. The van der Waals surface area contributed by atoms with Crippen LogP contribution in [0, 0.1) is 12.7 Å². The highest BCUT2D eigenvalue weighted by Crippen LogP contribution is 2.29. The van der Waals surface area contributed by atoms with E-state index in [-0.39, 0.29) is 10.0 Å². The number of ketones is 1. The van der Waals surface area contributed by atoms with Gasteiger partial charge in [0.1, 0.15) is 5.82 Å². The van der Waals surface area contributed by atoms with E-state index in [4.69, 9.17) is 0 Å². The monoisotopic (exact) mass is 284 g/mol. The minimum Gasteiger partial charge on any atom is -0.284 e. The van der Waals surface area contributed by atoms with Crippen molar-refractivity contribution in [2.24, 2.45) is 0 Å². The summed E-state index contributed by atoms with van der Waals surface area (Å²) >= 11 is 2.71. The lowest BCUT2D eigenvalue weighted by Crippen LogP contribution is -2.24. The van der Waals surface area contributed by atoms with E-state index in [1.807, 2.05) is 0 Å². The van der Waals surface area contributed by atoms with Crippen molar-refractivity contribution in [3.8, 4) is 0 Å². The summed E-state index contributed by atoms with van der Waals surface area (Å²) in [5.41, 5.74) is -0.978. The van der Waals surface area contributed by atoms with Gasteiger partial charge in [0.25, 0.3) is 5.78 Å². The van der Waals surface area contributed by atoms with E-state index in [2.05, 4.69) is 15.9 Å². The molecule has 1 nitrogen and oxygen atoms in total. The normalized spacial score (nSPS) is 11.6. The molecule has 0 saturated carbocycles. The van der Waals surface area contributed by atoms with Crippen molar-refractivity contribution in [2.45, 2.75) is 13.1 Å². The van der Waals surface area contributed by atoms with Gasteiger partial charge >= 0.3 is 6.18 Å². The highest BCUT2D eigenvalue weighted by atomic mass is 79.9. The van der Waals surface area contributed by atoms with Crippen molar-refractivity contribution in [1.29, 1.82) is 0 Å². The molecule has 0 bridgehead atoms. The maximum Gasteiger partial charge on any atom is 0.455 e. The Morgan fingerprint density at radius 3 is 2.33 bits per heavy atom. The van der Waals surface area contributed by atoms with Crippen LogP contribution in [-0.2, 0) is 0 Å². The third-order valence-electron chi connectivity index (χ3n) is 1.77. The molecule has 0 radical (unpaired) electrons. The molecule has 1 aromatic carbocycles. The van der Waals surface area contributed by atoms with Crippen LogP contribution in [0.25, 0.3) is 0 Å². The van der Waals surface area contributed by atoms with E-state index >= 15 is 0 Å². The summed E-state index contributed by atoms with van der Waals surface area (Å²) < 4.78 is 49.4. The first-order valence-electron chi connectivity index (χ1n) is 3.81. The van der Waals surface area contributed by atoms with Gasteiger partial charge in [-0.3, -0.25) is 4.79 Å². The number of halogens is 5. The molecule has 0 atom stereocenters. The quantitative estimate of drug-likeness (QED) is 0.568. The van der Waals surface area contributed by atoms with E-state index in [0.717, 1.165) is 0 Å².